The minimum atomic E-state index is -0.966. The Kier molecular flexibility index (Phi) is 7.45. The van der Waals surface area contributed by atoms with Crippen LogP contribution in [-0.4, -0.2) is 40.7 Å². The second kappa shape index (κ2) is 10.7. The van der Waals surface area contributed by atoms with Crippen LogP contribution in [0.25, 0.3) is 11.1 Å². The molecule has 1 aliphatic rings. The molecule has 2 amide bonds. The lowest BCUT2D eigenvalue weighted by Crippen LogP contribution is -2.40. The minimum Gasteiger partial charge on any atom is -0.481 e. The van der Waals surface area contributed by atoms with Crippen molar-refractivity contribution >= 4 is 34.4 Å². The number of ether oxygens (including phenoxy) is 1. The number of carboxylic acids is 1. The maximum atomic E-state index is 12.4. The van der Waals surface area contributed by atoms with Crippen LogP contribution in [0, 0.1) is 5.92 Å². The molecule has 182 valence electrons. The molecule has 1 atom stereocenters. The largest absolute Gasteiger partial charge is 0.481 e. The van der Waals surface area contributed by atoms with Crippen LogP contribution in [0.3, 0.4) is 0 Å². The minimum absolute atomic E-state index is 0.00823. The number of benzene rings is 2. The predicted octanol–water partition coefficient (Wildman–Crippen LogP) is 4.66. The first-order valence-electron chi connectivity index (χ1n) is 11.4. The number of rotatable bonds is 9. The third-order valence-electron chi connectivity index (χ3n) is 5.99. The molecule has 8 nitrogen and oxygen atoms in total. The summed E-state index contributed by atoms with van der Waals surface area (Å²) in [7, 11) is 0. The molecule has 35 heavy (non-hydrogen) atoms. The Morgan fingerprint density at radius 2 is 1.69 bits per heavy atom. The number of aliphatic carboxylic acids is 1. The van der Waals surface area contributed by atoms with E-state index >= 15 is 0 Å². The number of carbonyl (C=O) groups is 3. The van der Waals surface area contributed by atoms with Crippen molar-refractivity contribution in [2.75, 3.05) is 11.9 Å². The van der Waals surface area contributed by atoms with Crippen LogP contribution in [0.5, 0.6) is 0 Å². The zero-order valence-electron chi connectivity index (χ0n) is 19.5. The van der Waals surface area contributed by atoms with E-state index in [0.717, 1.165) is 22.3 Å². The van der Waals surface area contributed by atoms with Gasteiger partial charge in [-0.3, -0.25) is 14.9 Å². The van der Waals surface area contributed by atoms with Gasteiger partial charge in [0.15, 0.2) is 5.13 Å². The van der Waals surface area contributed by atoms with E-state index in [9.17, 15) is 14.4 Å². The van der Waals surface area contributed by atoms with Crippen molar-refractivity contribution < 1.29 is 24.2 Å². The van der Waals surface area contributed by atoms with Gasteiger partial charge in [0.2, 0.25) is 5.91 Å². The number of nitrogens with zero attached hydrogens (tertiary/aromatic N) is 1. The molecule has 0 saturated heterocycles. The third-order valence-corrected chi connectivity index (χ3v) is 6.80. The molecule has 0 bridgehead atoms. The number of amides is 2. The summed E-state index contributed by atoms with van der Waals surface area (Å²) in [6, 6.07) is 15.8. The highest BCUT2D eigenvalue weighted by atomic mass is 32.1. The first-order chi connectivity index (χ1) is 16.8. The average Bonchev–Trinajstić information content (AvgIpc) is 3.38. The van der Waals surface area contributed by atoms with Crippen LogP contribution in [0.1, 0.15) is 43.0 Å². The number of fused-ring (bicyclic) bond motifs is 3. The van der Waals surface area contributed by atoms with E-state index in [1.807, 2.05) is 38.1 Å². The number of carbonyl (C=O) groups excluding carboxylic acids is 2. The lowest BCUT2D eigenvalue weighted by Gasteiger charge is -2.20. The van der Waals surface area contributed by atoms with Crippen LogP contribution in [0.4, 0.5) is 9.93 Å². The van der Waals surface area contributed by atoms with E-state index < -0.39 is 18.1 Å². The van der Waals surface area contributed by atoms with E-state index in [1.54, 1.807) is 5.38 Å². The Morgan fingerprint density at radius 3 is 2.29 bits per heavy atom. The topological polar surface area (TPSA) is 118 Å². The average molecular weight is 494 g/mol. The number of hydrogen-bond acceptors (Lipinski definition) is 6. The van der Waals surface area contributed by atoms with Crippen LogP contribution in [-0.2, 0) is 20.7 Å². The molecule has 4 rings (SSSR count). The Labute approximate surface area is 207 Å². The van der Waals surface area contributed by atoms with E-state index in [-0.39, 0.29) is 37.2 Å². The summed E-state index contributed by atoms with van der Waals surface area (Å²) in [6.07, 6.45) is -0.764. The van der Waals surface area contributed by atoms with Gasteiger partial charge in [0.25, 0.3) is 0 Å². The van der Waals surface area contributed by atoms with E-state index in [4.69, 9.17) is 9.84 Å². The Hall–Kier alpha value is -3.72. The van der Waals surface area contributed by atoms with Crippen molar-refractivity contribution in [3.05, 3.63) is 70.7 Å². The standard InChI is InChI=1S/C26H27N3O5S/c1-15(2)22(12-24(31)32)28-23(30)11-16-14-35-25(27-16)29-26(33)34-13-21-19-9-5-3-7-17(19)18-8-4-6-10-20(18)21/h3-10,14-15,21-22H,11-13H2,1-2H3,(H,28,30)(H,31,32)(H,27,29,33)/t22-/m0/s1. The summed E-state index contributed by atoms with van der Waals surface area (Å²) in [5.74, 6) is -1.34. The summed E-state index contributed by atoms with van der Waals surface area (Å²) in [6.45, 7) is 3.90. The number of aromatic nitrogens is 1. The second-order valence-electron chi connectivity index (χ2n) is 8.79. The van der Waals surface area contributed by atoms with Gasteiger partial charge in [-0.25, -0.2) is 9.78 Å². The first kappa shape index (κ1) is 24.4. The number of hydrogen-bond donors (Lipinski definition) is 3. The Morgan fingerprint density at radius 1 is 1.06 bits per heavy atom. The van der Waals surface area contributed by atoms with Crippen molar-refractivity contribution in [3.63, 3.8) is 0 Å². The molecule has 1 aromatic heterocycles. The van der Waals surface area contributed by atoms with E-state index in [2.05, 4.69) is 39.9 Å². The molecule has 3 aromatic rings. The van der Waals surface area contributed by atoms with Crippen molar-refractivity contribution in [1.29, 1.82) is 0 Å². The molecule has 0 aliphatic heterocycles. The van der Waals surface area contributed by atoms with E-state index in [0.29, 0.717) is 10.8 Å². The summed E-state index contributed by atoms with van der Waals surface area (Å²) in [4.78, 5) is 40.1. The van der Waals surface area contributed by atoms with Gasteiger partial charge in [0.05, 0.1) is 18.5 Å². The monoisotopic (exact) mass is 493 g/mol. The van der Waals surface area contributed by atoms with Crippen LogP contribution < -0.4 is 10.6 Å². The lowest BCUT2D eigenvalue weighted by atomic mass is 9.98. The molecule has 0 unspecified atom stereocenters. The Bertz CT molecular complexity index is 1190. The van der Waals surface area contributed by atoms with Gasteiger partial charge in [-0.1, -0.05) is 62.4 Å². The highest BCUT2D eigenvalue weighted by Crippen LogP contribution is 2.44. The molecule has 0 saturated carbocycles. The highest BCUT2D eigenvalue weighted by molar-refractivity contribution is 7.13. The van der Waals surface area contributed by atoms with Crippen LogP contribution in [0.15, 0.2) is 53.9 Å². The fourth-order valence-corrected chi connectivity index (χ4v) is 4.93. The van der Waals surface area contributed by atoms with Gasteiger partial charge in [0.1, 0.15) is 6.61 Å². The van der Waals surface area contributed by atoms with Gasteiger partial charge in [-0.15, -0.1) is 11.3 Å². The molecule has 0 radical (unpaired) electrons. The van der Waals surface area contributed by atoms with Crippen LogP contribution in [0.2, 0.25) is 0 Å². The maximum Gasteiger partial charge on any atom is 0.413 e. The SMILES string of the molecule is CC(C)[C@H](CC(=O)O)NC(=O)Cc1csc(NC(=O)OCC2c3ccccc3-c3ccccc32)n1. The molecule has 0 fully saturated rings. The van der Waals surface area contributed by atoms with Gasteiger partial charge < -0.3 is 15.2 Å². The van der Waals surface area contributed by atoms with Gasteiger partial charge in [-0.2, -0.15) is 0 Å². The summed E-state index contributed by atoms with van der Waals surface area (Å²) < 4.78 is 5.53. The molecule has 1 heterocycles. The predicted molar refractivity (Wildman–Crippen MR) is 134 cm³/mol. The van der Waals surface area contributed by atoms with Gasteiger partial charge in [0, 0.05) is 17.3 Å². The third kappa shape index (κ3) is 5.86. The zero-order valence-corrected chi connectivity index (χ0v) is 20.3. The summed E-state index contributed by atoms with van der Waals surface area (Å²) in [5, 5.41) is 16.4. The number of nitrogens with one attached hydrogen (secondary N) is 2. The number of carboxylic acid groups (broad SMARTS) is 1. The van der Waals surface area contributed by atoms with Crippen molar-refractivity contribution in [2.45, 2.75) is 38.6 Å². The molecular weight excluding hydrogens is 466 g/mol. The molecular formula is C26H27N3O5S. The van der Waals surface area contributed by atoms with Crippen molar-refractivity contribution in [3.8, 4) is 11.1 Å². The Balaban J connectivity index is 1.31. The molecule has 2 aromatic carbocycles. The summed E-state index contributed by atoms with van der Waals surface area (Å²) >= 11 is 1.19. The number of anilines is 1. The fourth-order valence-electron chi connectivity index (χ4n) is 4.23. The van der Waals surface area contributed by atoms with Crippen molar-refractivity contribution in [1.82, 2.24) is 10.3 Å². The fraction of sp³-hybridized carbons (Fsp3) is 0.308. The lowest BCUT2D eigenvalue weighted by molar-refractivity contribution is -0.138. The molecule has 0 spiro atoms. The quantitative estimate of drug-likeness (QED) is 0.399. The number of thiazole rings is 1. The van der Waals surface area contributed by atoms with E-state index in [1.165, 1.54) is 11.3 Å². The molecule has 1 aliphatic carbocycles. The zero-order chi connectivity index (χ0) is 24.9. The van der Waals surface area contributed by atoms with Gasteiger partial charge >= 0.3 is 12.1 Å². The molecule has 9 heteroatoms. The maximum absolute atomic E-state index is 12.4. The van der Waals surface area contributed by atoms with Gasteiger partial charge in [-0.05, 0) is 28.2 Å². The van der Waals surface area contributed by atoms with Crippen LogP contribution >= 0.6 is 11.3 Å². The normalized spacial score (nSPS) is 13.1. The highest BCUT2D eigenvalue weighted by Gasteiger charge is 2.29. The summed E-state index contributed by atoms with van der Waals surface area (Å²) in [5.41, 5.74) is 5.06. The van der Waals surface area contributed by atoms with Crippen molar-refractivity contribution in [2.24, 2.45) is 5.92 Å². The first-order valence-corrected chi connectivity index (χ1v) is 12.3. The smallest absolute Gasteiger partial charge is 0.413 e. The second-order valence-corrected chi connectivity index (χ2v) is 9.65. The molecule has 3 N–H and O–H groups in total.